The maximum absolute atomic E-state index is 11.6. The van der Waals surface area contributed by atoms with E-state index in [-0.39, 0.29) is 12.3 Å². The third-order valence-electron chi connectivity index (χ3n) is 3.06. The molecule has 1 aromatic heterocycles. The predicted molar refractivity (Wildman–Crippen MR) is 77.8 cm³/mol. The lowest BCUT2D eigenvalue weighted by atomic mass is 10.4. The van der Waals surface area contributed by atoms with Crippen molar-refractivity contribution in [1.29, 1.82) is 0 Å². The largest absolute Gasteiger partial charge is 0.369 e. The van der Waals surface area contributed by atoms with Gasteiger partial charge in [-0.15, -0.1) is 0 Å². The highest BCUT2D eigenvalue weighted by Crippen LogP contribution is 2.38. The molecule has 0 aliphatic heterocycles. The average Bonchev–Trinajstić information content (AvgIpc) is 3.22. The molecule has 8 nitrogen and oxygen atoms in total. The smallest absolute Gasteiger partial charge is 0.215 e. The normalized spacial score (nSPS) is 15.4. The van der Waals surface area contributed by atoms with E-state index in [1.165, 1.54) is 18.4 Å². The van der Waals surface area contributed by atoms with E-state index in [1.54, 1.807) is 6.07 Å². The first-order chi connectivity index (χ1) is 9.42. The molecule has 0 amide bonds. The first-order valence-electron chi connectivity index (χ1n) is 6.42. The van der Waals surface area contributed by atoms with Gasteiger partial charge in [0.15, 0.2) is 0 Å². The Morgan fingerprint density at radius 3 is 2.55 bits per heavy atom. The highest BCUT2D eigenvalue weighted by molar-refractivity contribution is 7.89. The van der Waals surface area contributed by atoms with Gasteiger partial charge in [-0.1, -0.05) is 0 Å². The molecule has 1 saturated carbocycles. The van der Waals surface area contributed by atoms with Crippen LogP contribution >= 0.6 is 0 Å². The Labute approximate surface area is 118 Å². The summed E-state index contributed by atoms with van der Waals surface area (Å²) in [4.78, 5) is 8.67. The minimum Gasteiger partial charge on any atom is -0.369 e. The molecule has 0 radical (unpaired) electrons. The summed E-state index contributed by atoms with van der Waals surface area (Å²) in [6.07, 6.45) is 2.17. The number of hydrogen-bond donors (Lipinski definition) is 3. The monoisotopic (exact) mass is 300 g/mol. The molecular formula is C11H20N6O2S. The Kier molecular flexibility index (Phi) is 4.41. The lowest BCUT2D eigenvalue weighted by molar-refractivity contribution is 0.521. The molecular weight excluding hydrogens is 280 g/mol. The number of nitrogen functional groups attached to an aromatic ring is 1. The molecule has 0 bridgehead atoms. The number of anilines is 2. The number of nitrogens with two attached hydrogens (primary N) is 1. The van der Waals surface area contributed by atoms with Crippen molar-refractivity contribution in [2.75, 3.05) is 37.1 Å². The second-order valence-corrected chi connectivity index (χ2v) is 7.24. The van der Waals surface area contributed by atoms with E-state index >= 15 is 0 Å². The Hall–Kier alpha value is -1.45. The molecule has 1 aliphatic carbocycles. The highest BCUT2D eigenvalue weighted by Gasteiger charge is 2.27. The van der Waals surface area contributed by atoms with E-state index < -0.39 is 10.0 Å². The van der Waals surface area contributed by atoms with Crippen molar-refractivity contribution in [3.63, 3.8) is 0 Å². The predicted octanol–water partition coefficient (Wildman–Crippen LogP) is -0.0571. The molecule has 1 heterocycles. The third kappa shape index (κ3) is 3.78. The van der Waals surface area contributed by atoms with Gasteiger partial charge in [0.25, 0.3) is 0 Å². The van der Waals surface area contributed by atoms with Gasteiger partial charge in [-0.25, -0.2) is 28.5 Å². The molecule has 9 heteroatoms. The van der Waals surface area contributed by atoms with Crippen LogP contribution in [0.1, 0.15) is 24.6 Å². The van der Waals surface area contributed by atoms with Gasteiger partial charge in [0.2, 0.25) is 10.0 Å². The lowest BCUT2D eigenvalue weighted by Gasteiger charge is -2.12. The summed E-state index contributed by atoms with van der Waals surface area (Å²) in [6, 6.07) is 1.66. The first-order valence-corrected chi connectivity index (χ1v) is 8.03. The molecule has 20 heavy (non-hydrogen) atoms. The van der Waals surface area contributed by atoms with Crippen LogP contribution in [-0.2, 0) is 10.0 Å². The quantitative estimate of drug-likeness (QED) is 0.477. The number of nitrogens with one attached hydrogen (secondary N) is 2. The van der Waals surface area contributed by atoms with Crippen molar-refractivity contribution in [2.45, 2.75) is 18.8 Å². The number of hydrogen-bond acceptors (Lipinski definition) is 7. The molecule has 2 rings (SSSR count). The number of nitrogens with zero attached hydrogens (tertiary/aromatic N) is 3. The van der Waals surface area contributed by atoms with Crippen molar-refractivity contribution < 1.29 is 8.42 Å². The van der Waals surface area contributed by atoms with Crippen LogP contribution in [0.2, 0.25) is 0 Å². The Balaban J connectivity index is 2.00. The molecule has 4 N–H and O–H groups in total. The summed E-state index contributed by atoms with van der Waals surface area (Å²) in [7, 11) is -0.180. The van der Waals surface area contributed by atoms with Crippen LogP contribution in [0.4, 0.5) is 11.6 Å². The van der Waals surface area contributed by atoms with Crippen LogP contribution in [0.25, 0.3) is 0 Å². The molecule has 0 saturated heterocycles. The van der Waals surface area contributed by atoms with Crippen molar-refractivity contribution in [2.24, 2.45) is 5.84 Å². The van der Waals surface area contributed by atoms with Gasteiger partial charge >= 0.3 is 0 Å². The van der Waals surface area contributed by atoms with E-state index in [4.69, 9.17) is 5.84 Å². The van der Waals surface area contributed by atoms with Gasteiger partial charge in [-0.2, -0.15) is 0 Å². The Morgan fingerprint density at radius 2 is 2.00 bits per heavy atom. The lowest BCUT2D eigenvalue weighted by Crippen LogP contribution is -2.28. The van der Waals surface area contributed by atoms with Crippen molar-refractivity contribution >= 4 is 21.7 Å². The van der Waals surface area contributed by atoms with Gasteiger partial charge < -0.3 is 10.7 Å². The van der Waals surface area contributed by atoms with Gasteiger partial charge in [-0.05, 0) is 12.8 Å². The molecule has 0 atom stereocenters. The summed E-state index contributed by atoms with van der Waals surface area (Å²) in [5.41, 5.74) is 2.50. The standard InChI is InChI=1S/C11H20N6O2S/c1-17(2)20(18,19)6-5-13-9-7-10(16-12)15-11(14-9)8-3-4-8/h7-8H,3-6,12H2,1-2H3,(H2,13,14,15,16). The topological polar surface area (TPSA) is 113 Å². The molecule has 1 aliphatic rings. The molecule has 1 fully saturated rings. The number of sulfonamides is 1. The fraction of sp³-hybridized carbons (Fsp3) is 0.636. The maximum atomic E-state index is 11.6. The van der Waals surface area contributed by atoms with E-state index in [0.717, 1.165) is 18.7 Å². The van der Waals surface area contributed by atoms with Crippen LogP contribution in [0.5, 0.6) is 0 Å². The highest BCUT2D eigenvalue weighted by atomic mass is 32.2. The fourth-order valence-electron chi connectivity index (χ4n) is 1.65. The minimum atomic E-state index is -3.21. The first kappa shape index (κ1) is 14.9. The average molecular weight is 300 g/mol. The van der Waals surface area contributed by atoms with Gasteiger partial charge in [-0.3, -0.25) is 0 Å². The van der Waals surface area contributed by atoms with Crippen LogP contribution in [0.3, 0.4) is 0 Å². The van der Waals surface area contributed by atoms with Crippen LogP contribution in [0.15, 0.2) is 6.07 Å². The Bertz CT molecular complexity index is 570. The van der Waals surface area contributed by atoms with E-state index in [2.05, 4.69) is 20.7 Å². The zero-order valence-electron chi connectivity index (χ0n) is 11.6. The SMILES string of the molecule is CN(C)S(=O)(=O)CCNc1cc(NN)nc(C2CC2)n1. The zero-order chi connectivity index (χ0) is 14.8. The zero-order valence-corrected chi connectivity index (χ0v) is 12.4. The third-order valence-corrected chi connectivity index (χ3v) is 4.89. The van der Waals surface area contributed by atoms with Crippen LogP contribution in [-0.4, -0.2) is 49.1 Å². The van der Waals surface area contributed by atoms with Crippen molar-refractivity contribution in [3.8, 4) is 0 Å². The summed E-state index contributed by atoms with van der Waals surface area (Å²) < 4.78 is 24.5. The Morgan fingerprint density at radius 1 is 1.35 bits per heavy atom. The second kappa shape index (κ2) is 5.90. The fourth-order valence-corrected chi connectivity index (χ4v) is 2.37. The second-order valence-electron chi connectivity index (χ2n) is 4.94. The molecule has 0 aromatic carbocycles. The maximum Gasteiger partial charge on any atom is 0.215 e. The van der Waals surface area contributed by atoms with Gasteiger partial charge in [0, 0.05) is 32.6 Å². The van der Waals surface area contributed by atoms with E-state index in [9.17, 15) is 8.42 Å². The molecule has 0 spiro atoms. The molecule has 112 valence electrons. The van der Waals surface area contributed by atoms with Gasteiger partial charge in [0.05, 0.1) is 5.75 Å². The van der Waals surface area contributed by atoms with Crippen LogP contribution < -0.4 is 16.6 Å². The molecule has 1 aromatic rings. The molecule has 0 unspecified atom stereocenters. The number of rotatable bonds is 7. The van der Waals surface area contributed by atoms with Crippen molar-refractivity contribution in [1.82, 2.24) is 14.3 Å². The van der Waals surface area contributed by atoms with Crippen LogP contribution in [0, 0.1) is 0 Å². The number of aromatic nitrogens is 2. The van der Waals surface area contributed by atoms with Gasteiger partial charge in [0.1, 0.15) is 17.5 Å². The summed E-state index contributed by atoms with van der Waals surface area (Å²) in [5, 5.41) is 3.00. The summed E-state index contributed by atoms with van der Waals surface area (Å²) in [5.74, 6) is 7.64. The summed E-state index contributed by atoms with van der Waals surface area (Å²) >= 11 is 0. The van der Waals surface area contributed by atoms with Crippen molar-refractivity contribution in [3.05, 3.63) is 11.9 Å². The summed E-state index contributed by atoms with van der Waals surface area (Å²) in [6.45, 7) is 0.283. The van der Waals surface area contributed by atoms with E-state index in [0.29, 0.717) is 17.6 Å². The van der Waals surface area contributed by atoms with E-state index in [1.807, 2.05) is 0 Å². The number of hydrazine groups is 1. The minimum absolute atomic E-state index is 0.00809.